The van der Waals surface area contributed by atoms with Crippen molar-refractivity contribution in [1.82, 2.24) is 14.5 Å². The average molecular weight is 489 g/mol. The number of benzene rings is 1. The summed E-state index contributed by atoms with van der Waals surface area (Å²) in [6.07, 6.45) is 6.22. The van der Waals surface area contributed by atoms with Crippen molar-refractivity contribution < 1.29 is 14.3 Å². The molecule has 0 radical (unpaired) electrons. The number of unbranched alkanes of at least 4 members (excludes halogenated alkanes) is 3. The second kappa shape index (κ2) is 12.0. The van der Waals surface area contributed by atoms with Gasteiger partial charge in [-0.3, -0.25) is 18.7 Å². The van der Waals surface area contributed by atoms with Crippen LogP contribution >= 0.6 is 11.8 Å². The number of aliphatic hydroxyl groups excluding tert-OH is 1. The largest absolute Gasteiger partial charge is 0.395 e. The molecule has 1 fully saturated rings. The first kappa shape index (κ1) is 25.7. The number of thioether (sulfide) groups is 1. The van der Waals surface area contributed by atoms with Gasteiger partial charge in [-0.2, -0.15) is 5.26 Å². The fraction of sp³-hybridized carbons (Fsp3) is 0.500. The van der Waals surface area contributed by atoms with Crippen LogP contribution in [0.25, 0.3) is 0 Å². The Balaban J connectivity index is 1.46. The minimum Gasteiger partial charge on any atom is -0.395 e. The van der Waals surface area contributed by atoms with Gasteiger partial charge in [0.05, 0.1) is 17.5 Å². The highest BCUT2D eigenvalue weighted by Gasteiger charge is 2.27. The predicted octanol–water partition coefficient (Wildman–Crippen LogP) is 2.71. The minimum absolute atomic E-state index is 0.0656. The molecule has 1 amide bonds. The molecule has 8 nitrogen and oxygen atoms in total. The first-order chi connectivity index (χ1) is 16.3. The topological polar surface area (TPSA) is 117 Å². The lowest BCUT2D eigenvalue weighted by Gasteiger charge is -2.17. The number of aliphatic hydroxyl groups is 1. The molecule has 0 spiro atoms. The fourth-order valence-electron chi connectivity index (χ4n) is 3.99. The Hall–Kier alpha value is -2.90. The van der Waals surface area contributed by atoms with E-state index in [1.54, 1.807) is 35.5 Å². The molecule has 1 aromatic heterocycles. The van der Waals surface area contributed by atoms with Crippen LogP contribution in [0.1, 0.15) is 65.4 Å². The molecule has 1 aromatic carbocycles. The van der Waals surface area contributed by atoms with E-state index in [0.29, 0.717) is 31.5 Å². The maximum Gasteiger partial charge on any atom is 0.331 e. The number of halogens is 1. The molecule has 0 bridgehead atoms. The van der Waals surface area contributed by atoms with Crippen LogP contribution in [0.2, 0.25) is 0 Å². The lowest BCUT2D eigenvalue weighted by molar-refractivity contribution is 0.0953. The Kier molecular flexibility index (Phi) is 9.07. The summed E-state index contributed by atoms with van der Waals surface area (Å²) in [5, 5.41) is 21.0. The van der Waals surface area contributed by atoms with Gasteiger partial charge in [-0.1, -0.05) is 12.8 Å². The summed E-state index contributed by atoms with van der Waals surface area (Å²) in [7, 11) is 0. The standard InChI is InChI=1S/C24H29FN4O4S/c1-16-14-29(21-9-7-19(15-30)34-21)24(33)28(23(16)32)11-5-3-2-4-10-27-22(31)17-6-8-20(25)18(12-17)13-26/h6,8,12,14,19,21,30H,2-5,7,9-11,15H2,1H3,(H,27,31)/t19-,21+/m0/s1. The van der Waals surface area contributed by atoms with Crippen molar-refractivity contribution in [2.75, 3.05) is 13.2 Å². The lowest BCUT2D eigenvalue weighted by atomic mass is 10.1. The Labute approximate surface area is 201 Å². The van der Waals surface area contributed by atoms with E-state index in [9.17, 15) is 23.9 Å². The van der Waals surface area contributed by atoms with Crippen molar-refractivity contribution in [3.8, 4) is 6.07 Å². The zero-order valence-electron chi connectivity index (χ0n) is 19.1. The number of hydrogen-bond acceptors (Lipinski definition) is 6. The number of nitriles is 1. The van der Waals surface area contributed by atoms with Gasteiger partial charge in [0, 0.05) is 35.7 Å². The first-order valence-corrected chi connectivity index (χ1v) is 12.4. The van der Waals surface area contributed by atoms with Crippen molar-refractivity contribution in [3.63, 3.8) is 0 Å². The highest BCUT2D eigenvalue weighted by atomic mass is 32.2. The molecular weight excluding hydrogens is 459 g/mol. The number of rotatable bonds is 10. The van der Waals surface area contributed by atoms with Crippen LogP contribution < -0.4 is 16.6 Å². The summed E-state index contributed by atoms with van der Waals surface area (Å²) in [4.78, 5) is 37.6. The number of hydrogen-bond donors (Lipinski definition) is 2. The highest BCUT2D eigenvalue weighted by molar-refractivity contribution is 8.00. The molecule has 2 N–H and O–H groups in total. The number of carbonyl (C=O) groups is 1. The summed E-state index contributed by atoms with van der Waals surface area (Å²) in [5.41, 5.74) is 0.00795. The van der Waals surface area contributed by atoms with Crippen molar-refractivity contribution in [2.45, 2.75) is 62.6 Å². The second-order valence-corrected chi connectivity index (χ2v) is 9.89. The number of carbonyl (C=O) groups excluding carboxylic acids is 1. The van der Waals surface area contributed by atoms with Crippen LogP contribution in [0.5, 0.6) is 0 Å². The molecule has 34 heavy (non-hydrogen) atoms. The summed E-state index contributed by atoms with van der Waals surface area (Å²) < 4.78 is 16.3. The third kappa shape index (κ3) is 6.15. The highest BCUT2D eigenvalue weighted by Crippen LogP contribution is 2.40. The molecule has 0 unspecified atom stereocenters. The van der Waals surface area contributed by atoms with Crippen molar-refractivity contribution in [3.05, 3.63) is 67.7 Å². The SMILES string of the molecule is Cc1cn([C@H]2CC[C@@H](CO)S2)c(=O)n(CCCCCCNC(=O)c2ccc(F)c(C#N)c2)c1=O. The molecule has 10 heteroatoms. The summed E-state index contributed by atoms with van der Waals surface area (Å²) in [5.74, 6) is -1.02. The normalized spacial score (nSPS) is 17.5. The van der Waals surface area contributed by atoms with Gasteiger partial charge in [0.15, 0.2) is 0 Å². The molecule has 3 rings (SSSR count). The van der Waals surface area contributed by atoms with Crippen molar-refractivity contribution in [2.24, 2.45) is 0 Å². The Morgan fingerprint density at radius 2 is 2.03 bits per heavy atom. The molecular formula is C24H29FN4O4S. The Morgan fingerprint density at radius 1 is 1.26 bits per heavy atom. The number of aryl methyl sites for hydroxylation is 1. The van der Waals surface area contributed by atoms with Crippen LogP contribution in [0.15, 0.2) is 34.0 Å². The molecule has 2 atom stereocenters. The number of nitrogens with one attached hydrogen (secondary N) is 1. The van der Waals surface area contributed by atoms with E-state index in [0.717, 1.165) is 31.7 Å². The van der Waals surface area contributed by atoms with Gasteiger partial charge < -0.3 is 10.4 Å². The zero-order valence-corrected chi connectivity index (χ0v) is 19.9. The Bertz CT molecular complexity index is 1190. The molecule has 1 aliphatic heterocycles. The second-order valence-electron chi connectivity index (χ2n) is 8.41. The van der Waals surface area contributed by atoms with Crippen LogP contribution in [-0.4, -0.2) is 38.5 Å². The zero-order chi connectivity index (χ0) is 24.7. The van der Waals surface area contributed by atoms with E-state index in [2.05, 4.69) is 5.32 Å². The van der Waals surface area contributed by atoms with Gasteiger partial charge in [0.2, 0.25) is 0 Å². The molecule has 182 valence electrons. The molecule has 2 heterocycles. The van der Waals surface area contributed by atoms with Gasteiger partial charge in [-0.15, -0.1) is 11.8 Å². The summed E-state index contributed by atoms with van der Waals surface area (Å²) >= 11 is 1.57. The van der Waals surface area contributed by atoms with Crippen LogP contribution in [0.4, 0.5) is 4.39 Å². The van der Waals surface area contributed by atoms with Crippen LogP contribution in [0, 0.1) is 24.1 Å². The predicted molar refractivity (Wildman–Crippen MR) is 128 cm³/mol. The van der Waals surface area contributed by atoms with Gasteiger partial charge in [0.25, 0.3) is 11.5 Å². The van der Waals surface area contributed by atoms with Gasteiger partial charge >= 0.3 is 5.69 Å². The molecule has 1 saturated heterocycles. The number of nitrogens with zero attached hydrogens (tertiary/aromatic N) is 3. The van der Waals surface area contributed by atoms with Crippen molar-refractivity contribution >= 4 is 17.7 Å². The third-order valence-corrected chi connectivity index (χ3v) is 7.46. The van der Waals surface area contributed by atoms with E-state index in [1.165, 1.54) is 16.7 Å². The third-order valence-electron chi connectivity index (χ3n) is 5.91. The molecule has 0 saturated carbocycles. The monoisotopic (exact) mass is 488 g/mol. The molecule has 2 aromatic rings. The quantitative estimate of drug-likeness (QED) is 0.497. The molecule has 1 aliphatic rings. The van der Waals surface area contributed by atoms with E-state index in [-0.39, 0.29) is 45.5 Å². The van der Waals surface area contributed by atoms with Crippen LogP contribution in [-0.2, 0) is 6.54 Å². The maximum absolute atomic E-state index is 13.4. The smallest absolute Gasteiger partial charge is 0.331 e. The van der Waals surface area contributed by atoms with Crippen molar-refractivity contribution in [1.29, 1.82) is 5.26 Å². The minimum atomic E-state index is -0.658. The van der Waals surface area contributed by atoms with Crippen LogP contribution in [0.3, 0.4) is 0 Å². The Morgan fingerprint density at radius 3 is 2.74 bits per heavy atom. The average Bonchev–Trinajstić information content (AvgIpc) is 3.32. The van der Waals surface area contributed by atoms with E-state index in [1.807, 2.05) is 0 Å². The summed E-state index contributed by atoms with van der Waals surface area (Å²) in [6, 6.07) is 5.38. The number of amides is 1. The van der Waals surface area contributed by atoms with E-state index in [4.69, 9.17) is 5.26 Å². The van der Waals surface area contributed by atoms with Gasteiger partial charge in [0.1, 0.15) is 11.9 Å². The lowest BCUT2D eigenvalue weighted by Crippen LogP contribution is -2.41. The van der Waals surface area contributed by atoms with E-state index < -0.39 is 5.82 Å². The first-order valence-electron chi connectivity index (χ1n) is 11.4. The maximum atomic E-state index is 13.4. The fourth-order valence-corrected chi connectivity index (χ4v) is 5.35. The van der Waals surface area contributed by atoms with E-state index >= 15 is 0 Å². The van der Waals surface area contributed by atoms with Gasteiger partial charge in [-0.05, 0) is 50.8 Å². The molecule has 0 aliphatic carbocycles. The number of aromatic nitrogens is 2. The summed E-state index contributed by atoms with van der Waals surface area (Å²) in [6.45, 7) is 2.56. The van der Waals surface area contributed by atoms with Gasteiger partial charge in [-0.25, -0.2) is 9.18 Å².